The van der Waals surface area contributed by atoms with Crippen molar-refractivity contribution in [1.29, 1.82) is 0 Å². The van der Waals surface area contributed by atoms with Gasteiger partial charge in [-0.2, -0.15) is 0 Å². The molecule has 0 aliphatic heterocycles. The Morgan fingerprint density at radius 1 is 1.21 bits per heavy atom. The third-order valence-corrected chi connectivity index (χ3v) is 3.61. The fraction of sp³-hybridized carbons (Fsp3) is 0.462. The van der Waals surface area contributed by atoms with Crippen LogP contribution in [0.3, 0.4) is 0 Å². The van der Waals surface area contributed by atoms with Crippen LogP contribution in [0.1, 0.15) is 17.5 Å². The summed E-state index contributed by atoms with van der Waals surface area (Å²) < 4.78 is 21.8. The maximum Gasteiger partial charge on any atom is 0.307 e. The van der Waals surface area contributed by atoms with Gasteiger partial charge in [-0.05, 0) is 24.1 Å². The van der Waals surface area contributed by atoms with E-state index in [1.54, 1.807) is 12.1 Å². The number of carboxylic acids is 1. The van der Waals surface area contributed by atoms with E-state index in [1.807, 2.05) is 12.1 Å². The molecular formula is C13H19NO4S. The van der Waals surface area contributed by atoms with E-state index < -0.39 is 15.8 Å². The second-order valence-corrected chi connectivity index (χ2v) is 6.81. The molecule has 0 spiro atoms. The SMILES string of the molecule is CS(=O)(=O)CCCNCc1ccc(CC(=O)O)cc1. The predicted octanol–water partition coefficient (Wildman–Crippen LogP) is 0.838. The summed E-state index contributed by atoms with van der Waals surface area (Å²) in [4.78, 5) is 10.5. The van der Waals surface area contributed by atoms with Crippen LogP contribution < -0.4 is 5.32 Å². The van der Waals surface area contributed by atoms with Gasteiger partial charge < -0.3 is 10.4 Å². The van der Waals surface area contributed by atoms with E-state index in [0.29, 0.717) is 19.5 Å². The van der Waals surface area contributed by atoms with Crippen LogP contribution in [0, 0.1) is 0 Å². The van der Waals surface area contributed by atoms with E-state index in [-0.39, 0.29) is 12.2 Å². The molecule has 1 aromatic rings. The highest BCUT2D eigenvalue weighted by Crippen LogP contribution is 2.05. The van der Waals surface area contributed by atoms with Crippen LogP contribution in [0.15, 0.2) is 24.3 Å². The summed E-state index contributed by atoms with van der Waals surface area (Å²) >= 11 is 0. The third kappa shape index (κ3) is 7.58. The number of aliphatic carboxylic acids is 1. The van der Waals surface area contributed by atoms with E-state index in [9.17, 15) is 13.2 Å². The zero-order chi connectivity index (χ0) is 14.3. The third-order valence-electron chi connectivity index (χ3n) is 2.58. The molecule has 1 rings (SSSR count). The van der Waals surface area contributed by atoms with Gasteiger partial charge in [-0.1, -0.05) is 24.3 Å². The molecule has 19 heavy (non-hydrogen) atoms. The van der Waals surface area contributed by atoms with Gasteiger partial charge in [0.25, 0.3) is 0 Å². The van der Waals surface area contributed by atoms with Crippen molar-refractivity contribution in [3.63, 3.8) is 0 Å². The van der Waals surface area contributed by atoms with E-state index in [4.69, 9.17) is 5.11 Å². The molecule has 1 aromatic carbocycles. The monoisotopic (exact) mass is 285 g/mol. The van der Waals surface area contributed by atoms with Crippen molar-refractivity contribution in [3.05, 3.63) is 35.4 Å². The van der Waals surface area contributed by atoms with Crippen molar-refractivity contribution in [2.45, 2.75) is 19.4 Å². The molecule has 0 aliphatic carbocycles. The van der Waals surface area contributed by atoms with Gasteiger partial charge in [0, 0.05) is 12.8 Å². The molecule has 0 heterocycles. The smallest absolute Gasteiger partial charge is 0.307 e. The van der Waals surface area contributed by atoms with Crippen molar-refractivity contribution in [2.24, 2.45) is 0 Å². The van der Waals surface area contributed by atoms with Gasteiger partial charge in [0.2, 0.25) is 0 Å². The van der Waals surface area contributed by atoms with Crippen molar-refractivity contribution < 1.29 is 18.3 Å². The van der Waals surface area contributed by atoms with E-state index in [2.05, 4.69) is 5.32 Å². The van der Waals surface area contributed by atoms with Gasteiger partial charge in [-0.25, -0.2) is 8.42 Å². The maximum atomic E-state index is 10.9. The van der Waals surface area contributed by atoms with Crippen LogP contribution in [0.4, 0.5) is 0 Å². The zero-order valence-corrected chi connectivity index (χ0v) is 11.7. The highest BCUT2D eigenvalue weighted by Gasteiger charge is 2.02. The first kappa shape index (κ1) is 15.7. The van der Waals surface area contributed by atoms with Gasteiger partial charge in [0.15, 0.2) is 0 Å². The Labute approximate surface area is 113 Å². The molecule has 0 saturated carbocycles. The Morgan fingerprint density at radius 3 is 2.32 bits per heavy atom. The van der Waals surface area contributed by atoms with Crippen LogP contribution >= 0.6 is 0 Å². The lowest BCUT2D eigenvalue weighted by Gasteiger charge is -2.05. The molecule has 0 aromatic heterocycles. The summed E-state index contributed by atoms with van der Waals surface area (Å²) in [6.45, 7) is 1.29. The zero-order valence-electron chi connectivity index (χ0n) is 10.9. The van der Waals surface area contributed by atoms with Crippen LogP contribution in [0.5, 0.6) is 0 Å². The van der Waals surface area contributed by atoms with Crippen molar-refractivity contribution in [1.82, 2.24) is 5.32 Å². The van der Waals surface area contributed by atoms with Crippen molar-refractivity contribution >= 4 is 15.8 Å². The maximum absolute atomic E-state index is 10.9. The standard InChI is InChI=1S/C13H19NO4S/c1-19(17,18)8-2-7-14-10-12-5-3-11(4-6-12)9-13(15)16/h3-6,14H,2,7-10H2,1H3,(H,15,16). The van der Waals surface area contributed by atoms with E-state index >= 15 is 0 Å². The lowest BCUT2D eigenvalue weighted by atomic mass is 10.1. The highest BCUT2D eigenvalue weighted by molar-refractivity contribution is 7.90. The largest absolute Gasteiger partial charge is 0.481 e. The molecule has 2 N–H and O–H groups in total. The molecule has 106 valence electrons. The van der Waals surface area contributed by atoms with Crippen LogP contribution in [-0.4, -0.2) is 38.0 Å². The average Bonchev–Trinajstić information content (AvgIpc) is 2.28. The Morgan fingerprint density at radius 2 is 1.79 bits per heavy atom. The lowest BCUT2D eigenvalue weighted by Crippen LogP contribution is -2.17. The van der Waals surface area contributed by atoms with Gasteiger partial charge >= 0.3 is 5.97 Å². The average molecular weight is 285 g/mol. The molecule has 5 nitrogen and oxygen atoms in total. The molecule has 0 unspecified atom stereocenters. The second-order valence-electron chi connectivity index (χ2n) is 4.55. The van der Waals surface area contributed by atoms with E-state index in [1.165, 1.54) is 6.26 Å². The summed E-state index contributed by atoms with van der Waals surface area (Å²) in [5.41, 5.74) is 1.82. The number of hydrogen-bond acceptors (Lipinski definition) is 4. The van der Waals surface area contributed by atoms with Gasteiger partial charge in [0.05, 0.1) is 12.2 Å². The summed E-state index contributed by atoms with van der Waals surface area (Å²) in [6.07, 6.45) is 1.85. The molecular weight excluding hydrogens is 266 g/mol. The Kier molecular flexibility index (Phi) is 5.98. The summed E-state index contributed by atoms with van der Waals surface area (Å²) in [7, 11) is -2.88. The fourth-order valence-corrected chi connectivity index (χ4v) is 2.31. The van der Waals surface area contributed by atoms with Crippen molar-refractivity contribution in [2.75, 3.05) is 18.6 Å². The van der Waals surface area contributed by atoms with Gasteiger partial charge in [-0.15, -0.1) is 0 Å². The first-order valence-electron chi connectivity index (χ1n) is 6.05. The number of hydrogen-bond donors (Lipinski definition) is 2. The summed E-state index contributed by atoms with van der Waals surface area (Å²) in [5, 5.41) is 11.8. The molecule has 0 amide bonds. The number of sulfone groups is 1. The number of rotatable bonds is 8. The molecule has 0 saturated heterocycles. The van der Waals surface area contributed by atoms with Crippen LogP contribution in [-0.2, 0) is 27.6 Å². The number of carboxylic acid groups (broad SMARTS) is 1. The van der Waals surface area contributed by atoms with Crippen LogP contribution in [0.25, 0.3) is 0 Å². The minimum atomic E-state index is -2.88. The van der Waals surface area contributed by atoms with Crippen molar-refractivity contribution in [3.8, 4) is 0 Å². The number of nitrogens with one attached hydrogen (secondary N) is 1. The summed E-state index contributed by atoms with van der Waals surface area (Å²) in [6, 6.07) is 7.34. The molecule has 0 aliphatic rings. The minimum Gasteiger partial charge on any atom is -0.481 e. The quantitative estimate of drug-likeness (QED) is 0.691. The first-order chi connectivity index (χ1) is 8.87. The van der Waals surface area contributed by atoms with E-state index in [0.717, 1.165) is 11.1 Å². The number of benzene rings is 1. The number of carbonyl (C=O) groups is 1. The summed E-state index contributed by atoms with van der Waals surface area (Å²) in [5.74, 6) is -0.649. The topological polar surface area (TPSA) is 83.5 Å². The fourth-order valence-electron chi connectivity index (χ4n) is 1.64. The van der Waals surface area contributed by atoms with Gasteiger partial charge in [0.1, 0.15) is 9.84 Å². The lowest BCUT2D eigenvalue weighted by molar-refractivity contribution is -0.136. The van der Waals surface area contributed by atoms with Gasteiger partial charge in [-0.3, -0.25) is 4.79 Å². The molecule has 0 fully saturated rings. The molecule has 0 atom stereocenters. The molecule has 6 heteroatoms. The predicted molar refractivity (Wildman–Crippen MR) is 73.8 cm³/mol. The molecule has 0 radical (unpaired) electrons. The second kappa shape index (κ2) is 7.25. The minimum absolute atomic E-state index is 0.0298. The normalized spacial score (nSPS) is 11.4. The Bertz CT molecular complexity index is 508. The molecule has 0 bridgehead atoms. The highest BCUT2D eigenvalue weighted by atomic mass is 32.2. The first-order valence-corrected chi connectivity index (χ1v) is 8.11. The Balaban J connectivity index is 2.28. The van der Waals surface area contributed by atoms with Crippen LogP contribution in [0.2, 0.25) is 0 Å². The Hall–Kier alpha value is -1.40.